The predicted octanol–water partition coefficient (Wildman–Crippen LogP) is 0.453. The first-order valence-electron chi connectivity index (χ1n) is 4.86. The van der Waals surface area contributed by atoms with Gasteiger partial charge in [-0.1, -0.05) is 6.08 Å². The Hall–Kier alpha value is -1.49. The van der Waals surface area contributed by atoms with E-state index in [-0.39, 0.29) is 18.3 Å². The number of urea groups is 1. The number of ether oxygens (including phenoxy) is 2. The summed E-state index contributed by atoms with van der Waals surface area (Å²) >= 11 is 0. The van der Waals surface area contributed by atoms with Crippen LogP contribution in [0.1, 0.15) is 0 Å². The van der Waals surface area contributed by atoms with Gasteiger partial charge in [-0.3, -0.25) is 4.90 Å². The molecule has 15 heavy (non-hydrogen) atoms. The van der Waals surface area contributed by atoms with Crippen molar-refractivity contribution >= 4 is 6.03 Å². The van der Waals surface area contributed by atoms with E-state index in [0.717, 1.165) is 0 Å². The maximum atomic E-state index is 11.4. The van der Waals surface area contributed by atoms with Crippen LogP contribution in [0.25, 0.3) is 0 Å². The summed E-state index contributed by atoms with van der Waals surface area (Å²) in [6.45, 7) is 1.12. The van der Waals surface area contributed by atoms with Gasteiger partial charge < -0.3 is 14.8 Å². The molecule has 2 atom stereocenters. The van der Waals surface area contributed by atoms with Crippen molar-refractivity contribution < 1.29 is 14.3 Å². The fraction of sp³-hybridized carbons (Fsp3) is 0.500. The number of nitrogens with one attached hydrogen (secondary N) is 1. The van der Waals surface area contributed by atoms with Crippen molar-refractivity contribution in [2.45, 2.75) is 12.3 Å². The van der Waals surface area contributed by atoms with Crippen LogP contribution in [0.2, 0.25) is 0 Å². The first-order chi connectivity index (χ1) is 7.31. The average molecular weight is 210 g/mol. The molecule has 1 fully saturated rings. The Bertz CT molecular complexity index is 301. The lowest BCUT2D eigenvalue weighted by atomic mass is 10.2. The molecule has 1 saturated heterocycles. The Kier molecular flexibility index (Phi) is 2.91. The Morgan fingerprint density at radius 1 is 1.67 bits per heavy atom. The van der Waals surface area contributed by atoms with Crippen LogP contribution in [0, 0.1) is 0 Å². The van der Waals surface area contributed by atoms with Crippen molar-refractivity contribution in [1.82, 2.24) is 10.2 Å². The maximum Gasteiger partial charge on any atom is 0.320 e. The van der Waals surface area contributed by atoms with Crippen LogP contribution in [0.5, 0.6) is 0 Å². The molecule has 2 aliphatic rings. The zero-order valence-corrected chi connectivity index (χ0v) is 8.55. The molecule has 0 spiro atoms. The number of hydrogen-bond donors (Lipinski definition) is 1. The number of nitrogens with zero attached hydrogens (tertiary/aromatic N) is 1. The number of methoxy groups -OCH3 is 1. The van der Waals surface area contributed by atoms with Gasteiger partial charge in [0.25, 0.3) is 0 Å². The van der Waals surface area contributed by atoms with Crippen LogP contribution >= 0.6 is 0 Å². The third-order valence-corrected chi connectivity index (χ3v) is 2.37. The van der Waals surface area contributed by atoms with Crippen molar-refractivity contribution in [2.75, 3.05) is 20.3 Å². The number of amides is 2. The van der Waals surface area contributed by atoms with Crippen molar-refractivity contribution in [3.05, 3.63) is 24.5 Å². The lowest BCUT2D eigenvalue weighted by Crippen LogP contribution is -2.39. The Balaban J connectivity index is 1.87. The largest absolute Gasteiger partial charge is 0.505 e. The second-order valence-corrected chi connectivity index (χ2v) is 3.42. The van der Waals surface area contributed by atoms with E-state index in [1.807, 2.05) is 12.2 Å². The van der Waals surface area contributed by atoms with Gasteiger partial charge in [-0.25, -0.2) is 4.79 Å². The standard InChI is InChI=1S/C10H14N2O3/c1-14-5-2-6-15-9-4-3-8-7-12(9)10(13)11-8/h2-5,8-9H,6-7H2,1H3,(H,11,13). The van der Waals surface area contributed by atoms with Crippen LogP contribution in [0.15, 0.2) is 24.5 Å². The summed E-state index contributed by atoms with van der Waals surface area (Å²) in [5, 5.41) is 2.82. The van der Waals surface area contributed by atoms with E-state index in [0.29, 0.717) is 13.2 Å². The van der Waals surface area contributed by atoms with Crippen molar-refractivity contribution in [3.63, 3.8) is 0 Å². The van der Waals surface area contributed by atoms with Gasteiger partial charge in [0.05, 0.1) is 26.0 Å². The normalized spacial score (nSPS) is 28.6. The quantitative estimate of drug-likeness (QED) is 0.541. The van der Waals surface area contributed by atoms with Gasteiger partial charge in [0.1, 0.15) is 0 Å². The first kappa shape index (κ1) is 10.0. The van der Waals surface area contributed by atoms with Gasteiger partial charge >= 0.3 is 6.03 Å². The molecule has 5 nitrogen and oxygen atoms in total. The first-order valence-corrected chi connectivity index (χ1v) is 4.86. The minimum atomic E-state index is -0.259. The van der Waals surface area contributed by atoms with Gasteiger partial charge in [0.2, 0.25) is 0 Å². The van der Waals surface area contributed by atoms with Gasteiger partial charge in [-0.15, -0.1) is 0 Å². The molecule has 1 N–H and O–H groups in total. The molecular formula is C10H14N2O3. The van der Waals surface area contributed by atoms with Gasteiger partial charge in [-0.05, 0) is 12.2 Å². The molecule has 0 radical (unpaired) electrons. The molecule has 2 heterocycles. The molecule has 0 aromatic carbocycles. The molecule has 0 aromatic rings. The van der Waals surface area contributed by atoms with Crippen molar-refractivity contribution in [1.29, 1.82) is 0 Å². The fourth-order valence-corrected chi connectivity index (χ4v) is 1.68. The number of fused-ring (bicyclic) bond motifs is 2. The van der Waals surface area contributed by atoms with E-state index in [1.165, 1.54) is 0 Å². The summed E-state index contributed by atoms with van der Waals surface area (Å²) in [4.78, 5) is 13.1. The topological polar surface area (TPSA) is 50.8 Å². The van der Waals surface area contributed by atoms with E-state index < -0.39 is 0 Å². The molecule has 2 amide bonds. The Morgan fingerprint density at radius 3 is 3.33 bits per heavy atom. The summed E-state index contributed by atoms with van der Waals surface area (Å²) in [6, 6.07) is 0.0811. The summed E-state index contributed by atoms with van der Waals surface area (Å²) in [5.41, 5.74) is 0. The molecule has 0 saturated carbocycles. The van der Waals surface area contributed by atoms with Crippen molar-refractivity contribution in [3.8, 4) is 0 Å². The Labute approximate surface area is 88.3 Å². The monoisotopic (exact) mass is 210 g/mol. The molecule has 2 bridgehead atoms. The summed E-state index contributed by atoms with van der Waals surface area (Å²) in [6.07, 6.45) is 6.91. The summed E-state index contributed by atoms with van der Waals surface area (Å²) < 4.78 is 10.2. The van der Waals surface area contributed by atoms with Crippen molar-refractivity contribution in [2.24, 2.45) is 0 Å². The second-order valence-electron chi connectivity index (χ2n) is 3.42. The number of rotatable bonds is 4. The van der Waals surface area contributed by atoms with E-state index in [1.54, 1.807) is 24.3 Å². The highest BCUT2D eigenvalue weighted by Crippen LogP contribution is 2.17. The highest BCUT2D eigenvalue weighted by molar-refractivity contribution is 5.78. The highest BCUT2D eigenvalue weighted by atomic mass is 16.5. The van der Waals surface area contributed by atoms with Crippen LogP contribution in [0.4, 0.5) is 4.79 Å². The van der Waals surface area contributed by atoms with Crippen LogP contribution in [-0.2, 0) is 9.47 Å². The fourth-order valence-electron chi connectivity index (χ4n) is 1.68. The van der Waals surface area contributed by atoms with Crippen LogP contribution in [0.3, 0.4) is 0 Å². The van der Waals surface area contributed by atoms with Gasteiger partial charge in [0, 0.05) is 6.54 Å². The average Bonchev–Trinajstić information content (AvgIpc) is 2.53. The van der Waals surface area contributed by atoms with Gasteiger partial charge in [-0.2, -0.15) is 0 Å². The smallest absolute Gasteiger partial charge is 0.320 e. The summed E-state index contributed by atoms with van der Waals surface area (Å²) in [7, 11) is 1.58. The maximum absolute atomic E-state index is 11.4. The molecule has 2 unspecified atom stereocenters. The lowest BCUT2D eigenvalue weighted by molar-refractivity contribution is 0.0129. The SMILES string of the molecule is COC=CCOC1C=CC2CN1C(=O)N2. The predicted molar refractivity (Wildman–Crippen MR) is 54.1 cm³/mol. The molecule has 0 aromatic heterocycles. The highest BCUT2D eigenvalue weighted by Gasteiger charge is 2.35. The minimum absolute atomic E-state index is 0.0641. The van der Waals surface area contributed by atoms with E-state index in [2.05, 4.69) is 5.32 Å². The van der Waals surface area contributed by atoms with E-state index >= 15 is 0 Å². The van der Waals surface area contributed by atoms with Crippen LogP contribution < -0.4 is 5.32 Å². The third-order valence-electron chi connectivity index (χ3n) is 2.37. The van der Waals surface area contributed by atoms with Gasteiger partial charge in [0.15, 0.2) is 6.23 Å². The number of carbonyl (C=O) groups is 1. The molecule has 0 aliphatic carbocycles. The number of hydrogen-bond acceptors (Lipinski definition) is 3. The number of carbonyl (C=O) groups excluding carboxylic acids is 1. The molecule has 2 aliphatic heterocycles. The zero-order valence-electron chi connectivity index (χ0n) is 8.55. The minimum Gasteiger partial charge on any atom is -0.505 e. The summed E-state index contributed by atoms with van der Waals surface area (Å²) in [5.74, 6) is 0. The molecular weight excluding hydrogens is 196 g/mol. The van der Waals surface area contributed by atoms with E-state index in [4.69, 9.17) is 9.47 Å². The molecule has 5 heteroatoms. The van der Waals surface area contributed by atoms with E-state index in [9.17, 15) is 4.79 Å². The molecule has 82 valence electrons. The van der Waals surface area contributed by atoms with Crippen LogP contribution in [-0.4, -0.2) is 43.5 Å². The lowest BCUT2D eigenvalue weighted by Gasteiger charge is -2.25. The zero-order chi connectivity index (χ0) is 10.7. The Morgan fingerprint density at radius 2 is 2.53 bits per heavy atom. The third kappa shape index (κ3) is 2.12. The second kappa shape index (κ2) is 4.35. The molecule has 2 rings (SSSR count).